The highest BCUT2D eigenvalue weighted by Gasteiger charge is 2.16. The predicted molar refractivity (Wildman–Crippen MR) is 79.9 cm³/mol. The summed E-state index contributed by atoms with van der Waals surface area (Å²) in [6, 6.07) is 7.42. The first-order valence-electron chi connectivity index (χ1n) is 6.40. The predicted octanol–water partition coefficient (Wildman–Crippen LogP) is 2.70. The van der Waals surface area contributed by atoms with Crippen LogP contribution in [0.25, 0.3) is 11.1 Å². The normalized spacial score (nSPS) is 11.3. The standard InChI is InChI=1S/C14H14BrN3O2/c1-3-9-13(15)11(17(2)16-9)8-18-10-6-4-5-7-12(10)20-14(18)19/h4-7H,3,8H2,1-2H3. The van der Waals surface area contributed by atoms with Gasteiger partial charge in [-0.3, -0.25) is 9.25 Å². The van der Waals surface area contributed by atoms with Gasteiger partial charge in [-0.15, -0.1) is 0 Å². The van der Waals surface area contributed by atoms with E-state index in [1.807, 2.05) is 25.2 Å². The Kier molecular flexibility index (Phi) is 3.25. The van der Waals surface area contributed by atoms with Crippen molar-refractivity contribution in [3.63, 3.8) is 0 Å². The van der Waals surface area contributed by atoms with Crippen molar-refractivity contribution in [2.75, 3.05) is 0 Å². The van der Waals surface area contributed by atoms with E-state index in [0.717, 1.165) is 27.8 Å². The van der Waals surface area contributed by atoms with E-state index in [1.54, 1.807) is 15.3 Å². The van der Waals surface area contributed by atoms with Crippen LogP contribution >= 0.6 is 15.9 Å². The van der Waals surface area contributed by atoms with Crippen LogP contribution in [0.15, 0.2) is 37.9 Å². The topological polar surface area (TPSA) is 53.0 Å². The summed E-state index contributed by atoms with van der Waals surface area (Å²) in [6.07, 6.45) is 0.843. The van der Waals surface area contributed by atoms with Gasteiger partial charge in [-0.25, -0.2) is 4.79 Å². The number of oxazole rings is 1. The fourth-order valence-corrected chi connectivity index (χ4v) is 3.05. The maximum absolute atomic E-state index is 12.0. The Hall–Kier alpha value is -1.82. The van der Waals surface area contributed by atoms with Gasteiger partial charge in [0.15, 0.2) is 5.58 Å². The molecule has 0 N–H and O–H groups in total. The minimum absolute atomic E-state index is 0.350. The van der Waals surface area contributed by atoms with Crippen LogP contribution in [0, 0.1) is 0 Å². The summed E-state index contributed by atoms with van der Waals surface area (Å²) in [6.45, 7) is 2.48. The van der Waals surface area contributed by atoms with E-state index < -0.39 is 0 Å². The van der Waals surface area contributed by atoms with E-state index in [9.17, 15) is 4.79 Å². The maximum Gasteiger partial charge on any atom is 0.420 e. The van der Waals surface area contributed by atoms with Gasteiger partial charge in [0, 0.05) is 7.05 Å². The molecule has 2 aromatic heterocycles. The van der Waals surface area contributed by atoms with Crippen LogP contribution in [0.4, 0.5) is 0 Å². The van der Waals surface area contributed by atoms with Crippen molar-refractivity contribution in [1.29, 1.82) is 0 Å². The van der Waals surface area contributed by atoms with Crippen molar-refractivity contribution >= 4 is 27.0 Å². The summed E-state index contributed by atoms with van der Waals surface area (Å²) in [4.78, 5) is 12.0. The number of rotatable bonds is 3. The molecule has 6 heteroatoms. The molecule has 0 aliphatic carbocycles. The second kappa shape index (κ2) is 4.94. The monoisotopic (exact) mass is 335 g/mol. The molecule has 0 saturated carbocycles. The quantitative estimate of drug-likeness (QED) is 0.739. The first-order chi connectivity index (χ1) is 9.61. The summed E-state index contributed by atoms with van der Waals surface area (Å²) in [7, 11) is 1.88. The Balaban J connectivity index is 2.12. The number of aromatic nitrogens is 3. The number of halogens is 1. The molecule has 0 radical (unpaired) electrons. The van der Waals surface area contributed by atoms with Crippen LogP contribution in [0.3, 0.4) is 0 Å². The lowest BCUT2D eigenvalue weighted by atomic mass is 10.3. The molecule has 1 aromatic carbocycles. The third-order valence-electron chi connectivity index (χ3n) is 3.38. The summed E-state index contributed by atoms with van der Waals surface area (Å²) in [5, 5.41) is 4.44. The average molecular weight is 336 g/mol. The molecule has 2 heterocycles. The van der Waals surface area contributed by atoms with Gasteiger partial charge >= 0.3 is 5.76 Å². The molecule has 0 bridgehead atoms. The number of benzene rings is 1. The Labute approximate surface area is 123 Å². The molecule has 3 rings (SSSR count). The molecule has 0 amide bonds. The van der Waals surface area contributed by atoms with E-state index in [-0.39, 0.29) is 5.76 Å². The van der Waals surface area contributed by atoms with Gasteiger partial charge in [0.25, 0.3) is 0 Å². The molecular formula is C14H14BrN3O2. The van der Waals surface area contributed by atoms with E-state index in [2.05, 4.69) is 28.0 Å². The van der Waals surface area contributed by atoms with Gasteiger partial charge in [-0.05, 0) is 34.5 Å². The largest absolute Gasteiger partial charge is 0.420 e. The molecule has 20 heavy (non-hydrogen) atoms. The van der Waals surface area contributed by atoms with Crippen LogP contribution in [0.5, 0.6) is 0 Å². The molecule has 104 valence electrons. The van der Waals surface area contributed by atoms with Crippen LogP contribution < -0.4 is 5.76 Å². The van der Waals surface area contributed by atoms with Crippen LogP contribution in [-0.4, -0.2) is 14.3 Å². The lowest BCUT2D eigenvalue weighted by molar-refractivity contribution is 0.511. The highest BCUT2D eigenvalue weighted by atomic mass is 79.9. The minimum Gasteiger partial charge on any atom is -0.408 e. The Bertz CT molecular complexity index is 829. The molecule has 0 fully saturated rings. The van der Waals surface area contributed by atoms with Gasteiger partial charge in [-0.2, -0.15) is 5.10 Å². The third-order valence-corrected chi connectivity index (χ3v) is 4.30. The number of nitrogens with zero attached hydrogens (tertiary/aromatic N) is 3. The second-order valence-electron chi connectivity index (χ2n) is 4.61. The second-order valence-corrected chi connectivity index (χ2v) is 5.40. The Morgan fingerprint density at radius 1 is 1.35 bits per heavy atom. The summed E-state index contributed by atoms with van der Waals surface area (Å²) in [5.74, 6) is -0.350. The van der Waals surface area contributed by atoms with Gasteiger partial charge < -0.3 is 4.42 Å². The van der Waals surface area contributed by atoms with Crippen LogP contribution in [-0.2, 0) is 20.0 Å². The first-order valence-corrected chi connectivity index (χ1v) is 7.19. The Morgan fingerprint density at radius 2 is 2.10 bits per heavy atom. The zero-order valence-electron chi connectivity index (χ0n) is 11.3. The van der Waals surface area contributed by atoms with Crippen molar-refractivity contribution in [3.05, 3.63) is 50.7 Å². The van der Waals surface area contributed by atoms with E-state index in [0.29, 0.717) is 12.1 Å². The van der Waals surface area contributed by atoms with Crippen molar-refractivity contribution in [2.45, 2.75) is 19.9 Å². The molecule has 0 spiro atoms. The van der Waals surface area contributed by atoms with Crippen molar-refractivity contribution in [1.82, 2.24) is 14.3 Å². The fraction of sp³-hybridized carbons (Fsp3) is 0.286. The Morgan fingerprint density at radius 3 is 2.80 bits per heavy atom. The molecule has 0 aliphatic heterocycles. The van der Waals surface area contributed by atoms with Crippen molar-refractivity contribution in [3.8, 4) is 0 Å². The maximum atomic E-state index is 12.0. The number of aryl methyl sites for hydroxylation is 2. The molecular weight excluding hydrogens is 322 g/mol. The minimum atomic E-state index is -0.350. The van der Waals surface area contributed by atoms with Crippen molar-refractivity contribution < 1.29 is 4.42 Å². The SMILES string of the molecule is CCc1nn(C)c(Cn2c(=O)oc3ccccc32)c1Br. The van der Waals surface area contributed by atoms with E-state index in [4.69, 9.17) is 4.42 Å². The van der Waals surface area contributed by atoms with Gasteiger partial charge in [0.1, 0.15) is 0 Å². The number of hydrogen-bond acceptors (Lipinski definition) is 3. The third kappa shape index (κ3) is 2.00. The number of fused-ring (bicyclic) bond motifs is 1. The van der Waals surface area contributed by atoms with Crippen molar-refractivity contribution in [2.24, 2.45) is 7.05 Å². The molecule has 0 aliphatic rings. The fourth-order valence-electron chi connectivity index (χ4n) is 2.31. The van der Waals surface area contributed by atoms with Gasteiger partial charge in [0.05, 0.1) is 27.9 Å². The summed E-state index contributed by atoms with van der Waals surface area (Å²) >= 11 is 3.57. The number of para-hydroxylation sites is 2. The summed E-state index contributed by atoms with van der Waals surface area (Å²) in [5.41, 5.74) is 3.34. The first kappa shape index (κ1) is 13.2. The lowest BCUT2D eigenvalue weighted by Crippen LogP contribution is -2.17. The highest BCUT2D eigenvalue weighted by molar-refractivity contribution is 9.10. The zero-order chi connectivity index (χ0) is 14.3. The number of hydrogen-bond donors (Lipinski definition) is 0. The zero-order valence-corrected chi connectivity index (χ0v) is 12.8. The van der Waals surface area contributed by atoms with E-state index >= 15 is 0 Å². The van der Waals surface area contributed by atoms with Crippen LogP contribution in [0.1, 0.15) is 18.3 Å². The molecule has 3 aromatic rings. The highest BCUT2D eigenvalue weighted by Crippen LogP contribution is 2.23. The smallest absolute Gasteiger partial charge is 0.408 e. The van der Waals surface area contributed by atoms with Gasteiger partial charge in [-0.1, -0.05) is 19.1 Å². The van der Waals surface area contributed by atoms with Crippen LogP contribution in [0.2, 0.25) is 0 Å². The lowest BCUT2D eigenvalue weighted by Gasteiger charge is -2.04. The van der Waals surface area contributed by atoms with E-state index in [1.165, 1.54) is 0 Å². The molecule has 0 atom stereocenters. The molecule has 0 unspecified atom stereocenters. The summed E-state index contributed by atoms with van der Waals surface area (Å²) < 4.78 is 9.63. The average Bonchev–Trinajstić information content (AvgIpc) is 2.90. The van der Waals surface area contributed by atoms with Gasteiger partial charge in [0.2, 0.25) is 0 Å². The molecule has 5 nitrogen and oxygen atoms in total. The molecule has 0 saturated heterocycles.